The highest BCUT2D eigenvalue weighted by atomic mass is 16.3. The number of furan rings is 1. The fourth-order valence-electron chi connectivity index (χ4n) is 1.33. The van der Waals surface area contributed by atoms with Gasteiger partial charge >= 0.3 is 0 Å². The van der Waals surface area contributed by atoms with E-state index in [4.69, 9.17) is 10.2 Å². The van der Waals surface area contributed by atoms with Crippen molar-refractivity contribution in [1.29, 1.82) is 0 Å². The van der Waals surface area contributed by atoms with Crippen molar-refractivity contribution >= 4 is 0 Å². The first-order valence-corrected chi connectivity index (χ1v) is 4.15. The first-order chi connectivity index (χ1) is 5.36. The van der Waals surface area contributed by atoms with Crippen molar-refractivity contribution < 1.29 is 4.42 Å². The largest absolute Gasteiger partial charge is 0.468 e. The molecule has 2 rings (SSSR count). The van der Waals surface area contributed by atoms with E-state index in [1.165, 1.54) is 12.8 Å². The fraction of sp³-hybridized carbons (Fsp3) is 0.556. The summed E-state index contributed by atoms with van der Waals surface area (Å²) in [5.41, 5.74) is 5.89. The molecule has 0 aliphatic heterocycles. The predicted molar refractivity (Wildman–Crippen MR) is 43.0 cm³/mol. The Balaban J connectivity index is 1.93. The lowest BCUT2D eigenvalue weighted by molar-refractivity contribution is 0.440. The second kappa shape index (κ2) is 2.70. The number of hydrogen-bond donors (Lipinski definition) is 1. The lowest BCUT2D eigenvalue weighted by Gasteiger charge is -2.05. The Morgan fingerprint density at radius 3 is 3.00 bits per heavy atom. The van der Waals surface area contributed by atoms with Gasteiger partial charge in [0.2, 0.25) is 0 Å². The molecule has 0 radical (unpaired) electrons. The quantitative estimate of drug-likeness (QED) is 0.718. The van der Waals surface area contributed by atoms with Crippen LogP contribution in [0.4, 0.5) is 0 Å². The molecule has 1 aliphatic rings. The van der Waals surface area contributed by atoms with Crippen LogP contribution in [0.3, 0.4) is 0 Å². The Hall–Kier alpha value is -0.760. The van der Waals surface area contributed by atoms with E-state index in [1.54, 1.807) is 6.26 Å². The molecule has 11 heavy (non-hydrogen) atoms. The van der Waals surface area contributed by atoms with Crippen molar-refractivity contribution in [3.63, 3.8) is 0 Å². The third kappa shape index (κ3) is 1.63. The summed E-state index contributed by atoms with van der Waals surface area (Å²) in [6, 6.07) is 3.97. The minimum absolute atomic E-state index is 0.123. The Morgan fingerprint density at radius 2 is 2.45 bits per heavy atom. The van der Waals surface area contributed by atoms with Crippen LogP contribution in [-0.2, 0) is 0 Å². The predicted octanol–water partition coefficient (Wildman–Crippen LogP) is 2.08. The molecular formula is C9H13NO. The molecule has 0 spiro atoms. The number of rotatable bonds is 3. The van der Waals surface area contributed by atoms with Gasteiger partial charge in [-0.05, 0) is 24.5 Å². The molecule has 1 fully saturated rings. The van der Waals surface area contributed by atoms with Crippen LogP contribution in [0.1, 0.15) is 31.1 Å². The van der Waals surface area contributed by atoms with E-state index < -0.39 is 0 Å². The SMILES string of the molecule is NC(CC1CC1)c1ccco1. The first-order valence-electron chi connectivity index (χ1n) is 4.15. The minimum Gasteiger partial charge on any atom is -0.468 e. The zero-order chi connectivity index (χ0) is 7.68. The topological polar surface area (TPSA) is 39.2 Å². The smallest absolute Gasteiger partial charge is 0.120 e. The molecule has 0 saturated heterocycles. The van der Waals surface area contributed by atoms with Gasteiger partial charge in [-0.25, -0.2) is 0 Å². The third-order valence-corrected chi connectivity index (χ3v) is 2.19. The summed E-state index contributed by atoms with van der Waals surface area (Å²) < 4.78 is 5.20. The molecule has 1 saturated carbocycles. The van der Waals surface area contributed by atoms with Crippen LogP contribution < -0.4 is 5.73 Å². The van der Waals surface area contributed by atoms with Crippen LogP contribution in [0, 0.1) is 5.92 Å². The van der Waals surface area contributed by atoms with Gasteiger partial charge in [-0.15, -0.1) is 0 Å². The Labute approximate surface area is 66.4 Å². The van der Waals surface area contributed by atoms with Crippen LogP contribution in [0.5, 0.6) is 0 Å². The van der Waals surface area contributed by atoms with E-state index in [0.717, 1.165) is 18.1 Å². The lowest BCUT2D eigenvalue weighted by Crippen LogP contribution is -2.09. The van der Waals surface area contributed by atoms with Gasteiger partial charge in [-0.2, -0.15) is 0 Å². The molecule has 1 aromatic rings. The van der Waals surface area contributed by atoms with Crippen molar-refractivity contribution in [2.24, 2.45) is 11.7 Å². The lowest BCUT2D eigenvalue weighted by atomic mass is 10.1. The van der Waals surface area contributed by atoms with Gasteiger partial charge in [0.15, 0.2) is 0 Å². The van der Waals surface area contributed by atoms with Gasteiger partial charge in [0, 0.05) is 0 Å². The van der Waals surface area contributed by atoms with E-state index in [9.17, 15) is 0 Å². The molecule has 1 atom stereocenters. The molecule has 1 unspecified atom stereocenters. The molecule has 0 bridgehead atoms. The van der Waals surface area contributed by atoms with Crippen LogP contribution in [-0.4, -0.2) is 0 Å². The van der Waals surface area contributed by atoms with Crippen molar-refractivity contribution in [3.8, 4) is 0 Å². The highest BCUT2D eigenvalue weighted by molar-refractivity contribution is 5.04. The average Bonchev–Trinajstić information content (AvgIpc) is 2.67. The van der Waals surface area contributed by atoms with Crippen LogP contribution >= 0.6 is 0 Å². The normalized spacial score (nSPS) is 20.1. The molecular weight excluding hydrogens is 138 g/mol. The van der Waals surface area contributed by atoms with Crippen molar-refractivity contribution in [1.82, 2.24) is 0 Å². The maximum Gasteiger partial charge on any atom is 0.120 e. The summed E-state index contributed by atoms with van der Waals surface area (Å²) in [6.07, 6.45) is 5.48. The van der Waals surface area contributed by atoms with Crippen LogP contribution in [0.15, 0.2) is 22.8 Å². The Bertz CT molecular complexity index is 213. The molecule has 2 heteroatoms. The monoisotopic (exact) mass is 151 g/mol. The Kier molecular flexibility index (Phi) is 1.70. The number of hydrogen-bond acceptors (Lipinski definition) is 2. The first kappa shape index (κ1) is 6.92. The maximum atomic E-state index is 5.89. The molecule has 1 aromatic heterocycles. The highest BCUT2D eigenvalue weighted by Crippen LogP contribution is 2.36. The van der Waals surface area contributed by atoms with Gasteiger partial charge < -0.3 is 10.2 Å². The standard InChI is InChI=1S/C9H13NO/c10-8(6-7-3-4-7)9-2-1-5-11-9/h1-2,5,7-8H,3-4,6,10H2. The van der Waals surface area contributed by atoms with E-state index in [1.807, 2.05) is 12.1 Å². The molecule has 1 aliphatic carbocycles. The molecule has 60 valence electrons. The Morgan fingerprint density at radius 1 is 1.64 bits per heavy atom. The molecule has 0 aromatic carbocycles. The highest BCUT2D eigenvalue weighted by Gasteiger charge is 2.25. The third-order valence-electron chi connectivity index (χ3n) is 2.19. The molecule has 2 N–H and O–H groups in total. The van der Waals surface area contributed by atoms with Crippen molar-refractivity contribution in [3.05, 3.63) is 24.2 Å². The number of nitrogens with two attached hydrogens (primary N) is 1. The summed E-state index contributed by atoms with van der Waals surface area (Å²) in [7, 11) is 0. The van der Waals surface area contributed by atoms with Gasteiger partial charge in [-0.1, -0.05) is 12.8 Å². The fourth-order valence-corrected chi connectivity index (χ4v) is 1.33. The van der Waals surface area contributed by atoms with Crippen LogP contribution in [0.25, 0.3) is 0 Å². The van der Waals surface area contributed by atoms with E-state index >= 15 is 0 Å². The molecule has 0 amide bonds. The summed E-state index contributed by atoms with van der Waals surface area (Å²) in [5, 5.41) is 0. The second-order valence-corrected chi connectivity index (χ2v) is 3.30. The summed E-state index contributed by atoms with van der Waals surface area (Å²) >= 11 is 0. The van der Waals surface area contributed by atoms with Gasteiger partial charge in [-0.3, -0.25) is 0 Å². The molecule has 1 heterocycles. The second-order valence-electron chi connectivity index (χ2n) is 3.30. The summed E-state index contributed by atoms with van der Waals surface area (Å²) in [5.74, 6) is 1.80. The van der Waals surface area contributed by atoms with E-state index in [0.29, 0.717) is 0 Å². The van der Waals surface area contributed by atoms with Gasteiger partial charge in [0.1, 0.15) is 5.76 Å². The van der Waals surface area contributed by atoms with Gasteiger partial charge in [0.25, 0.3) is 0 Å². The maximum absolute atomic E-state index is 5.89. The zero-order valence-electron chi connectivity index (χ0n) is 6.49. The van der Waals surface area contributed by atoms with Crippen molar-refractivity contribution in [2.45, 2.75) is 25.3 Å². The van der Waals surface area contributed by atoms with Crippen LogP contribution in [0.2, 0.25) is 0 Å². The van der Waals surface area contributed by atoms with Gasteiger partial charge in [0.05, 0.1) is 12.3 Å². The summed E-state index contributed by atoms with van der Waals surface area (Å²) in [4.78, 5) is 0. The minimum atomic E-state index is 0.123. The van der Waals surface area contributed by atoms with Crippen molar-refractivity contribution in [2.75, 3.05) is 0 Å². The summed E-state index contributed by atoms with van der Waals surface area (Å²) in [6.45, 7) is 0. The van der Waals surface area contributed by atoms with E-state index in [-0.39, 0.29) is 6.04 Å². The zero-order valence-corrected chi connectivity index (χ0v) is 6.49. The average molecular weight is 151 g/mol. The van der Waals surface area contributed by atoms with E-state index in [2.05, 4.69) is 0 Å². The molecule has 2 nitrogen and oxygen atoms in total.